The molecule has 1 unspecified atom stereocenters. The lowest BCUT2D eigenvalue weighted by Crippen LogP contribution is -2.28. The summed E-state index contributed by atoms with van der Waals surface area (Å²) in [5.74, 6) is 0.234. The first-order valence-electron chi connectivity index (χ1n) is 9.93. The third kappa shape index (κ3) is 4.78. The smallest absolute Gasteiger partial charge is 0.251 e. The van der Waals surface area contributed by atoms with Gasteiger partial charge in [0.2, 0.25) is 0 Å². The second kappa shape index (κ2) is 9.74. The van der Waals surface area contributed by atoms with Crippen molar-refractivity contribution in [3.05, 3.63) is 76.0 Å². The molecule has 0 fully saturated rings. The summed E-state index contributed by atoms with van der Waals surface area (Å²) in [6, 6.07) is 12.8. The highest BCUT2D eigenvalue weighted by atomic mass is 35.5. The van der Waals surface area contributed by atoms with Crippen LogP contribution in [0.4, 0.5) is 4.39 Å². The normalized spacial score (nSPS) is 11.9. The van der Waals surface area contributed by atoms with Crippen molar-refractivity contribution in [3.8, 4) is 22.8 Å². The van der Waals surface area contributed by atoms with Crippen molar-refractivity contribution >= 4 is 38.9 Å². The zero-order valence-corrected chi connectivity index (χ0v) is 19.3. The van der Waals surface area contributed by atoms with E-state index in [0.717, 1.165) is 10.9 Å². The van der Waals surface area contributed by atoms with Gasteiger partial charge in [0.25, 0.3) is 5.91 Å². The quantitative estimate of drug-likeness (QED) is 0.373. The van der Waals surface area contributed by atoms with Gasteiger partial charge in [0, 0.05) is 33.5 Å². The molecular weight excluding hydrogens is 467 g/mol. The maximum Gasteiger partial charge on any atom is 0.251 e. The minimum Gasteiger partial charge on any atom is -0.493 e. The Bertz CT molecular complexity index is 1330. The molecule has 170 valence electrons. The fraction of sp³-hybridized carbons (Fsp3) is 0.167. The van der Waals surface area contributed by atoms with Gasteiger partial charge in [-0.15, -0.1) is 11.3 Å². The number of carbonyl (C=O) groups excluding carboxylic acids is 1. The van der Waals surface area contributed by atoms with Gasteiger partial charge in [-0.1, -0.05) is 23.7 Å². The van der Waals surface area contributed by atoms with E-state index >= 15 is 0 Å². The number of thiophene rings is 1. The first kappa shape index (κ1) is 23.0. The minimum absolute atomic E-state index is 0.0844. The lowest BCUT2D eigenvalue weighted by Gasteiger charge is -2.14. The van der Waals surface area contributed by atoms with Crippen LogP contribution < -0.4 is 14.8 Å². The fourth-order valence-corrected chi connectivity index (χ4v) is 4.60. The first-order chi connectivity index (χ1) is 15.9. The number of aromatic nitrogens is 1. The Morgan fingerprint density at radius 2 is 1.97 bits per heavy atom. The molecule has 4 rings (SSSR count). The molecule has 2 aromatic heterocycles. The van der Waals surface area contributed by atoms with E-state index in [2.05, 4.69) is 10.3 Å². The summed E-state index contributed by atoms with van der Waals surface area (Å²) < 4.78 is 25.0. The van der Waals surface area contributed by atoms with E-state index in [1.165, 1.54) is 37.7 Å². The van der Waals surface area contributed by atoms with Crippen LogP contribution in [0.3, 0.4) is 0 Å². The number of aliphatic hydroxyl groups is 1. The van der Waals surface area contributed by atoms with Gasteiger partial charge in [0.1, 0.15) is 11.9 Å². The van der Waals surface area contributed by atoms with Crippen molar-refractivity contribution in [2.45, 2.75) is 6.10 Å². The summed E-state index contributed by atoms with van der Waals surface area (Å²) in [5.41, 5.74) is 1.88. The highest BCUT2D eigenvalue weighted by molar-refractivity contribution is 7.17. The first-order valence-corrected chi connectivity index (χ1v) is 11.2. The number of rotatable bonds is 7. The third-order valence-electron chi connectivity index (χ3n) is 5.08. The average molecular weight is 487 g/mol. The molecule has 2 N–H and O–H groups in total. The molecule has 0 bridgehead atoms. The van der Waals surface area contributed by atoms with Gasteiger partial charge in [0.05, 0.1) is 30.3 Å². The van der Waals surface area contributed by atoms with Gasteiger partial charge in [-0.3, -0.25) is 4.79 Å². The molecule has 0 aliphatic carbocycles. The molecule has 0 spiro atoms. The molecule has 33 heavy (non-hydrogen) atoms. The van der Waals surface area contributed by atoms with Crippen LogP contribution in [0, 0.1) is 5.82 Å². The fourth-order valence-electron chi connectivity index (χ4n) is 3.42. The zero-order valence-electron chi connectivity index (χ0n) is 17.8. The van der Waals surface area contributed by atoms with E-state index in [4.69, 9.17) is 21.1 Å². The Balaban J connectivity index is 1.53. The number of carbonyl (C=O) groups is 1. The molecule has 2 aromatic carbocycles. The molecule has 0 radical (unpaired) electrons. The molecule has 1 atom stereocenters. The van der Waals surface area contributed by atoms with Crippen LogP contribution in [0.15, 0.2) is 53.9 Å². The van der Waals surface area contributed by atoms with Crippen molar-refractivity contribution in [3.63, 3.8) is 0 Å². The van der Waals surface area contributed by atoms with E-state index < -0.39 is 12.0 Å². The largest absolute Gasteiger partial charge is 0.493 e. The summed E-state index contributed by atoms with van der Waals surface area (Å²) in [6.45, 7) is -0.0844. The number of fused-ring (bicyclic) bond motifs is 1. The summed E-state index contributed by atoms with van der Waals surface area (Å²) in [4.78, 5) is 17.1. The van der Waals surface area contributed by atoms with Gasteiger partial charge in [0.15, 0.2) is 11.5 Å². The van der Waals surface area contributed by atoms with Crippen molar-refractivity contribution in [2.75, 3.05) is 20.8 Å². The average Bonchev–Trinajstić information content (AvgIpc) is 3.27. The van der Waals surface area contributed by atoms with Gasteiger partial charge >= 0.3 is 0 Å². The van der Waals surface area contributed by atoms with Crippen LogP contribution in [-0.2, 0) is 0 Å². The Hall–Kier alpha value is -3.20. The molecule has 0 aliphatic rings. The number of nitrogens with zero attached hydrogens (tertiary/aromatic N) is 1. The lowest BCUT2D eigenvalue weighted by molar-refractivity contribution is 0.0914. The highest BCUT2D eigenvalue weighted by Gasteiger charge is 2.17. The van der Waals surface area contributed by atoms with Crippen molar-refractivity contribution in [1.82, 2.24) is 10.3 Å². The van der Waals surface area contributed by atoms with Gasteiger partial charge < -0.3 is 19.9 Å². The van der Waals surface area contributed by atoms with Gasteiger partial charge in [-0.2, -0.15) is 0 Å². The van der Waals surface area contributed by atoms with Gasteiger partial charge in [-0.25, -0.2) is 9.37 Å². The number of ether oxygens (including phenoxy) is 2. The van der Waals surface area contributed by atoms with E-state index in [1.807, 2.05) is 6.07 Å². The standard InChI is InChI=1S/C24H20ClFN2O4S/c1-31-21-7-6-13(8-22(21)32-2)24(30)27-11-20(29)19-10-14(25)9-18(28-19)16-12-33-23-15(16)4-3-5-17(23)26/h3-10,12,20,29H,11H2,1-2H3,(H,27,30). The predicted molar refractivity (Wildman–Crippen MR) is 127 cm³/mol. The number of hydrogen-bond donors (Lipinski definition) is 2. The van der Waals surface area contributed by atoms with Gasteiger partial charge in [-0.05, 0) is 36.4 Å². The Kier molecular flexibility index (Phi) is 6.78. The summed E-state index contributed by atoms with van der Waals surface area (Å²) in [7, 11) is 2.99. The molecule has 2 heterocycles. The molecule has 9 heteroatoms. The molecule has 4 aromatic rings. The molecule has 1 amide bonds. The molecular formula is C24H20ClFN2O4S. The Morgan fingerprint density at radius 3 is 2.73 bits per heavy atom. The van der Waals surface area contributed by atoms with E-state index in [1.54, 1.807) is 35.7 Å². The number of hydrogen-bond acceptors (Lipinski definition) is 6. The third-order valence-corrected chi connectivity index (χ3v) is 6.30. The van der Waals surface area contributed by atoms with Crippen LogP contribution in [-0.4, -0.2) is 36.8 Å². The Morgan fingerprint density at radius 1 is 1.18 bits per heavy atom. The van der Waals surface area contributed by atoms with Crippen molar-refractivity contribution in [1.29, 1.82) is 0 Å². The molecule has 0 saturated carbocycles. The monoisotopic (exact) mass is 486 g/mol. The van der Waals surface area contributed by atoms with Crippen LogP contribution in [0.1, 0.15) is 22.2 Å². The van der Waals surface area contributed by atoms with E-state index in [-0.39, 0.29) is 12.4 Å². The number of amides is 1. The number of halogens is 2. The summed E-state index contributed by atoms with van der Waals surface area (Å²) in [5, 5.41) is 16.2. The van der Waals surface area contributed by atoms with Crippen LogP contribution in [0.25, 0.3) is 21.3 Å². The van der Waals surface area contributed by atoms with Crippen molar-refractivity contribution in [2.24, 2.45) is 0 Å². The minimum atomic E-state index is -1.10. The summed E-state index contributed by atoms with van der Waals surface area (Å²) in [6.07, 6.45) is -1.10. The van der Waals surface area contributed by atoms with Crippen LogP contribution >= 0.6 is 22.9 Å². The SMILES string of the molecule is COc1ccc(C(=O)NCC(O)c2cc(Cl)cc(-c3csc4c(F)cccc34)n2)cc1OC. The number of methoxy groups -OCH3 is 2. The molecule has 6 nitrogen and oxygen atoms in total. The lowest BCUT2D eigenvalue weighted by atomic mass is 10.1. The van der Waals surface area contributed by atoms with E-state index in [0.29, 0.717) is 38.2 Å². The number of pyridine rings is 1. The molecule has 0 aliphatic heterocycles. The summed E-state index contributed by atoms with van der Waals surface area (Å²) >= 11 is 7.56. The molecule has 0 saturated heterocycles. The number of benzene rings is 2. The highest BCUT2D eigenvalue weighted by Crippen LogP contribution is 2.36. The number of aliphatic hydroxyl groups excluding tert-OH is 1. The maximum atomic E-state index is 14.1. The topological polar surface area (TPSA) is 80.7 Å². The number of nitrogens with one attached hydrogen (secondary N) is 1. The second-order valence-electron chi connectivity index (χ2n) is 7.16. The van der Waals surface area contributed by atoms with Crippen LogP contribution in [0.2, 0.25) is 5.02 Å². The van der Waals surface area contributed by atoms with E-state index in [9.17, 15) is 14.3 Å². The second-order valence-corrected chi connectivity index (χ2v) is 8.47. The zero-order chi connectivity index (χ0) is 23.5. The maximum absolute atomic E-state index is 14.1. The Labute approximate surface area is 198 Å². The predicted octanol–water partition coefficient (Wildman–Crippen LogP) is 5.24. The van der Waals surface area contributed by atoms with Crippen molar-refractivity contribution < 1.29 is 23.8 Å². The van der Waals surface area contributed by atoms with Crippen LogP contribution in [0.5, 0.6) is 11.5 Å².